The van der Waals surface area contributed by atoms with Crippen molar-refractivity contribution >= 4 is 11.8 Å². The van der Waals surface area contributed by atoms with E-state index in [0.717, 1.165) is 24.7 Å². The molecule has 0 saturated carbocycles. The van der Waals surface area contributed by atoms with Crippen LogP contribution in [0.15, 0.2) is 95.6 Å². The molecule has 4 aliphatic rings. The summed E-state index contributed by atoms with van der Waals surface area (Å²) in [5, 5.41) is 0. The number of aliphatic imine (C=N–C) groups is 1. The highest BCUT2D eigenvalue weighted by molar-refractivity contribution is 5.91. The summed E-state index contributed by atoms with van der Waals surface area (Å²) in [5.41, 5.74) is 7.68. The van der Waals surface area contributed by atoms with E-state index in [1.54, 1.807) is 6.08 Å². The summed E-state index contributed by atoms with van der Waals surface area (Å²) in [6.45, 7) is 19.0. The Kier molecular flexibility index (Phi) is 15.5. The molecule has 208 valence electrons. The summed E-state index contributed by atoms with van der Waals surface area (Å²) in [6.07, 6.45) is 25.2. The fourth-order valence-corrected chi connectivity index (χ4v) is 4.97. The highest BCUT2D eigenvalue weighted by atomic mass is 19.2. The predicted octanol–water partition coefficient (Wildman–Crippen LogP) is 10.1. The van der Waals surface area contributed by atoms with Gasteiger partial charge in [-0.3, -0.25) is 4.99 Å². The minimum atomic E-state index is 0.221. The molecule has 0 spiro atoms. The van der Waals surface area contributed by atoms with Crippen LogP contribution >= 0.6 is 0 Å². The fourth-order valence-electron chi connectivity index (χ4n) is 4.97. The van der Waals surface area contributed by atoms with E-state index in [1.165, 1.54) is 47.1 Å². The van der Waals surface area contributed by atoms with Crippen molar-refractivity contribution in [1.82, 2.24) is 0 Å². The number of fused-ring (bicyclic) bond motifs is 3. The third-order valence-electron chi connectivity index (χ3n) is 6.64. The van der Waals surface area contributed by atoms with Gasteiger partial charge in [-0.05, 0) is 77.9 Å². The first-order chi connectivity index (χ1) is 18.2. The molecule has 0 amide bonds. The lowest BCUT2D eigenvalue weighted by atomic mass is 9.83. The first-order valence-corrected chi connectivity index (χ1v) is 14.1. The standard InChI is InChI=1S/C14H14.C11H15N.C6H10.C4H10.FH2N/c1-14(2)12-8-4-3-6-10(12)11-7-5-9-13(11)14;1-9-4-2-5-10(8-9)11-6-3-7-12-11;1-3-5-6-4-2;1-4(2)3;1-2/h3-4,6-9H,5H2,1-2H3;3,6-9,11H,2,4-5H2,1H3;3,5-6H,1,4H2,2H3;4H,1-3H3;2H2/b;;6-5-;;/t;9-,11?;;;/m.0.../s1. The van der Waals surface area contributed by atoms with Crippen molar-refractivity contribution in [2.24, 2.45) is 22.8 Å². The van der Waals surface area contributed by atoms with Crippen LogP contribution in [0.5, 0.6) is 0 Å². The van der Waals surface area contributed by atoms with Gasteiger partial charge in [0.2, 0.25) is 0 Å². The summed E-state index contributed by atoms with van der Waals surface area (Å²) < 4.78 is 9.00. The topological polar surface area (TPSA) is 38.4 Å². The molecule has 1 heterocycles. The zero-order valence-electron chi connectivity index (χ0n) is 24.9. The van der Waals surface area contributed by atoms with E-state index in [-0.39, 0.29) is 5.41 Å². The second kappa shape index (κ2) is 17.7. The van der Waals surface area contributed by atoms with E-state index in [4.69, 9.17) is 4.48 Å². The SMILES string of the molecule is C=C/C=C\CC.CC(C)C.CC1(C)C2=CCC=C2c2ccccc21.C[C@@H]1C=C(C2C=CC=N2)CCC1.NF. The van der Waals surface area contributed by atoms with Crippen molar-refractivity contribution < 1.29 is 4.48 Å². The average molecular weight is 519 g/mol. The number of hydrogen-bond donors (Lipinski definition) is 1. The summed E-state index contributed by atoms with van der Waals surface area (Å²) in [7, 11) is 0. The third-order valence-corrected chi connectivity index (χ3v) is 6.64. The zero-order chi connectivity index (χ0) is 28.6. The molecule has 5 rings (SSSR count). The Morgan fingerprint density at radius 3 is 2.39 bits per heavy atom. The molecule has 3 aliphatic carbocycles. The van der Waals surface area contributed by atoms with Gasteiger partial charge >= 0.3 is 0 Å². The third kappa shape index (κ3) is 10.2. The molecule has 3 heteroatoms. The normalized spacial score (nSPS) is 21.2. The van der Waals surface area contributed by atoms with E-state index in [9.17, 15) is 0 Å². The van der Waals surface area contributed by atoms with Crippen molar-refractivity contribution in [3.8, 4) is 0 Å². The molecule has 2 atom stereocenters. The molecule has 2 nitrogen and oxygen atoms in total. The molecule has 0 aromatic heterocycles. The maximum atomic E-state index is 9.00. The Balaban J connectivity index is 0.000000273. The van der Waals surface area contributed by atoms with Crippen LogP contribution in [-0.2, 0) is 5.41 Å². The quantitative estimate of drug-likeness (QED) is 0.241. The highest BCUT2D eigenvalue weighted by Crippen LogP contribution is 2.51. The molecule has 0 fully saturated rings. The Morgan fingerprint density at radius 1 is 1.16 bits per heavy atom. The minimum Gasteiger partial charge on any atom is -0.281 e. The van der Waals surface area contributed by atoms with E-state index in [2.05, 4.69) is 121 Å². The van der Waals surface area contributed by atoms with Crippen LogP contribution in [0.4, 0.5) is 4.48 Å². The van der Waals surface area contributed by atoms with Crippen molar-refractivity contribution in [2.75, 3.05) is 0 Å². The predicted molar refractivity (Wildman–Crippen MR) is 168 cm³/mol. The highest BCUT2D eigenvalue weighted by Gasteiger charge is 2.38. The summed E-state index contributed by atoms with van der Waals surface area (Å²) >= 11 is 0. The van der Waals surface area contributed by atoms with E-state index in [1.807, 2.05) is 18.4 Å². The maximum absolute atomic E-state index is 9.00. The Labute approximate surface area is 232 Å². The summed E-state index contributed by atoms with van der Waals surface area (Å²) in [6, 6.07) is 9.16. The second-order valence-electron chi connectivity index (χ2n) is 11.2. The number of benzene rings is 1. The minimum absolute atomic E-state index is 0.221. The lowest BCUT2D eigenvalue weighted by molar-refractivity contribution is 0.530. The van der Waals surface area contributed by atoms with Crippen LogP contribution in [0, 0.1) is 11.8 Å². The molecule has 0 saturated heterocycles. The monoisotopic (exact) mass is 518 g/mol. The first kappa shape index (κ1) is 33.2. The lowest BCUT2D eigenvalue weighted by Gasteiger charge is -2.20. The number of nitrogens with zero attached hydrogens (tertiary/aromatic N) is 1. The molecule has 1 aromatic carbocycles. The first-order valence-electron chi connectivity index (χ1n) is 14.1. The van der Waals surface area contributed by atoms with Crippen molar-refractivity contribution in [1.29, 1.82) is 0 Å². The second-order valence-corrected chi connectivity index (χ2v) is 11.2. The zero-order valence-corrected chi connectivity index (χ0v) is 24.9. The number of allylic oxidation sites excluding steroid dienone is 9. The van der Waals surface area contributed by atoms with Gasteiger partial charge in [-0.15, -0.1) is 4.48 Å². The number of nitrogens with two attached hydrogens (primary N) is 1. The molecule has 1 unspecified atom stereocenters. The van der Waals surface area contributed by atoms with Crippen molar-refractivity contribution in [3.05, 3.63) is 102 Å². The largest absolute Gasteiger partial charge is 0.281 e. The smallest absolute Gasteiger partial charge is 0.0893 e. The van der Waals surface area contributed by atoms with Gasteiger partial charge in [-0.25, -0.2) is 0 Å². The number of hydrogen-bond acceptors (Lipinski definition) is 2. The lowest BCUT2D eigenvalue weighted by Crippen LogP contribution is -2.14. The number of rotatable bonds is 3. The Morgan fingerprint density at radius 2 is 1.84 bits per heavy atom. The molecular weight excluding hydrogens is 467 g/mol. The Hall–Kier alpha value is -2.78. The van der Waals surface area contributed by atoms with Gasteiger partial charge < -0.3 is 0 Å². The van der Waals surface area contributed by atoms with Gasteiger partial charge in [0.25, 0.3) is 0 Å². The van der Waals surface area contributed by atoms with E-state index < -0.39 is 0 Å². The van der Waals surface area contributed by atoms with E-state index in [0.29, 0.717) is 6.04 Å². The fraction of sp³-hybridized carbons (Fsp3) is 0.457. The molecule has 1 aliphatic heterocycles. The van der Waals surface area contributed by atoms with Gasteiger partial charge in [0.1, 0.15) is 0 Å². The molecular formula is C35H51FN2. The van der Waals surface area contributed by atoms with Gasteiger partial charge in [-0.1, -0.05) is 122 Å². The van der Waals surface area contributed by atoms with Crippen LogP contribution in [0.1, 0.15) is 91.7 Å². The molecule has 2 N–H and O–H groups in total. The van der Waals surface area contributed by atoms with Gasteiger partial charge in [0, 0.05) is 11.6 Å². The van der Waals surface area contributed by atoms with Crippen LogP contribution in [0.2, 0.25) is 0 Å². The van der Waals surface area contributed by atoms with Crippen LogP contribution in [-0.4, -0.2) is 12.3 Å². The van der Waals surface area contributed by atoms with Crippen molar-refractivity contribution in [3.63, 3.8) is 0 Å². The summed E-state index contributed by atoms with van der Waals surface area (Å²) in [5.74, 6) is 4.60. The average Bonchev–Trinajstić information content (AvgIpc) is 3.65. The van der Waals surface area contributed by atoms with Gasteiger partial charge in [-0.2, -0.15) is 5.96 Å². The summed E-state index contributed by atoms with van der Waals surface area (Å²) in [4.78, 5) is 4.39. The van der Waals surface area contributed by atoms with Gasteiger partial charge in [0.15, 0.2) is 0 Å². The number of halogens is 1. The Bertz CT molecular complexity index is 1020. The molecule has 1 aromatic rings. The van der Waals surface area contributed by atoms with Crippen LogP contribution in [0.25, 0.3) is 5.57 Å². The molecule has 0 bridgehead atoms. The van der Waals surface area contributed by atoms with Crippen molar-refractivity contribution in [2.45, 2.75) is 92.0 Å². The van der Waals surface area contributed by atoms with Crippen LogP contribution < -0.4 is 5.96 Å². The van der Waals surface area contributed by atoms with E-state index >= 15 is 0 Å². The van der Waals surface area contributed by atoms with Gasteiger partial charge in [0.05, 0.1) is 6.04 Å². The molecule has 38 heavy (non-hydrogen) atoms. The van der Waals surface area contributed by atoms with Crippen LogP contribution in [0.3, 0.4) is 0 Å². The maximum Gasteiger partial charge on any atom is 0.0893 e. The molecule has 0 radical (unpaired) electrons.